The highest BCUT2D eigenvalue weighted by Gasteiger charge is 2.30. The van der Waals surface area contributed by atoms with Crippen molar-refractivity contribution in [1.82, 2.24) is 15.1 Å². The molecule has 7 heteroatoms. The van der Waals surface area contributed by atoms with Crippen LogP contribution in [-0.2, 0) is 14.3 Å². The maximum absolute atomic E-state index is 12.3. The molecule has 0 spiro atoms. The monoisotopic (exact) mass is 321 g/mol. The first-order valence-corrected chi connectivity index (χ1v) is 7.51. The zero-order valence-corrected chi connectivity index (χ0v) is 14.1. The summed E-state index contributed by atoms with van der Waals surface area (Å²) >= 11 is 0. The molecule has 1 N–H and O–H groups in total. The van der Waals surface area contributed by atoms with Gasteiger partial charge in [0.25, 0.3) is 0 Å². The molecule has 2 amide bonds. The molecule has 0 radical (unpaired) electrons. The number of halogens is 1. The van der Waals surface area contributed by atoms with E-state index >= 15 is 0 Å². The Kier molecular flexibility index (Phi) is 10.4. The van der Waals surface area contributed by atoms with Crippen molar-refractivity contribution in [2.75, 3.05) is 45.9 Å². The molecule has 1 saturated heterocycles. The second-order valence-corrected chi connectivity index (χ2v) is 4.80. The van der Waals surface area contributed by atoms with E-state index in [1.54, 1.807) is 9.80 Å². The van der Waals surface area contributed by atoms with Crippen molar-refractivity contribution >= 4 is 24.2 Å². The van der Waals surface area contributed by atoms with E-state index in [1.807, 2.05) is 20.8 Å². The number of carbonyl (C=O) groups is 2. The van der Waals surface area contributed by atoms with Crippen LogP contribution in [0.15, 0.2) is 0 Å². The first-order chi connectivity index (χ1) is 9.63. The number of piperazine rings is 1. The fraction of sp³-hybridized carbons (Fsp3) is 0.857. The van der Waals surface area contributed by atoms with Gasteiger partial charge in [0.05, 0.1) is 19.1 Å². The van der Waals surface area contributed by atoms with E-state index in [0.717, 1.165) is 6.54 Å². The molecule has 0 bridgehead atoms. The molecule has 6 nitrogen and oxygen atoms in total. The largest absolute Gasteiger partial charge is 0.380 e. The lowest BCUT2D eigenvalue weighted by molar-refractivity contribution is -0.141. The zero-order chi connectivity index (χ0) is 15.0. The third-order valence-electron chi connectivity index (χ3n) is 3.59. The van der Waals surface area contributed by atoms with Crippen LogP contribution in [-0.4, -0.2) is 73.6 Å². The average molecular weight is 322 g/mol. The van der Waals surface area contributed by atoms with Gasteiger partial charge in [0.1, 0.15) is 0 Å². The van der Waals surface area contributed by atoms with Gasteiger partial charge in [-0.3, -0.25) is 9.59 Å². The van der Waals surface area contributed by atoms with Crippen molar-refractivity contribution in [3.63, 3.8) is 0 Å². The van der Waals surface area contributed by atoms with Crippen LogP contribution >= 0.6 is 12.4 Å². The Hall–Kier alpha value is -0.850. The van der Waals surface area contributed by atoms with Gasteiger partial charge in [-0.05, 0) is 20.8 Å². The molecule has 0 aromatic rings. The topological polar surface area (TPSA) is 61.9 Å². The molecule has 1 rings (SSSR count). The molecule has 0 aliphatic carbocycles. The van der Waals surface area contributed by atoms with Crippen molar-refractivity contribution in [3.8, 4) is 0 Å². The number of nitrogens with one attached hydrogen (secondary N) is 1. The van der Waals surface area contributed by atoms with Gasteiger partial charge in [-0.25, -0.2) is 0 Å². The Balaban J connectivity index is 0.00000400. The molecule has 0 aromatic carbocycles. The van der Waals surface area contributed by atoms with E-state index < -0.39 is 6.04 Å². The van der Waals surface area contributed by atoms with Crippen molar-refractivity contribution in [1.29, 1.82) is 0 Å². The van der Waals surface area contributed by atoms with Crippen LogP contribution in [0.25, 0.3) is 0 Å². The zero-order valence-electron chi connectivity index (χ0n) is 13.3. The highest BCUT2D eigenvalue weighted by Crippen LogP contribution is 2.07. The average Bonchev–Trinajstić information content (AvgIpc) is 2.44. The standard InChI is InChI=1S/C14H27N3O3.ClH/c1-4-16(5-2)13(18)11-12-14(19)17(8-7-15-12)9-10-20-6-3;/h12,15H,4-11H2,1-3H3;1H. The first kappa shape index (κ1) is 20.1. The number of ether oxygens (including phenoxy) is 1. The number of hydrogen-bond donors (Lipinski definition) is 1. The Morgan fingerprint density at radius 2 is 2.05 bits per heavy atom. The summed E-state index contributed by atoms with van der Waals surface area (Å²) in [7, 11) is 0. The third kappa shape index (κ3) is 6.20. The Morgan fingerprint density at radius 3 is 2.62 bits per heavy atom. The summed E-state index contributed by atoms with van der Waals surface area (Å²) in [6, 6.07) is -0.390. The van der Waals surface area contributed by atoms with Crippen molar-refractivity contribution in [3.05, 3.63) is 0 Å². The summed E-state index contributed by atoms with van der Waals surface area (Å²) < 4.78 is 5.28. The fourth-order valence-corrected chi connectivity index (χ4v) is 2.37. The van der Waals surface area contributed by atoms with Gasteiger partial charge in [0, 0.05) is 39.3 Å². The molecule has 1 aliphatic rings. The lowest BCUT2D eigenvalue weighted by Crippen LogP contribution is -2.57. The van der Waals surface area contributed by atoms with Crippen molar-refractivity contribution in [2.24, 2.45) is 0 Å². The van der Waals surface area contributed by atoms with Gasteiger partial charge >= 0.3 is 0 Å². The van der Waals surface area contributed by atoms with Crippen LogP contribution in [0, 0.1) is 0 Å². The Bertz CT molecular complexity index is 325. The highest BCUT2D eigenvalue weighted by atomic mass is 35.5. The lowest BCUT2D eigenvalue weighted by atomic mass is 10.1. The molecule has 1 unspecified atom stereocenters. The molecule has 0 aromatic heterocycles. The van der Waals surface area contributed by atoms with E-state index in [0.29, 0.717) is 39.4 Å². The van der Waals surface area contributed by atoms with Gasteiger partial charge in [-0.1, -0.05) is 0 Å². The SMILES string of the molecule is CCOCCN1CCNC(CC(=O)N(CC)CC)C1=O.Cl. The Labute approximate surface area is 133 Å². The molecular weight excluding hydrogens is 294 g/mol. The van der Waals surface area contributed by atoms with Crippen LogP contribution < -0.4 is 5.32 Å². The summed E-state index contributed by atoms with van der Waals surface area (Å²) in [6.45, 7) is 10.4. The number of hydrogen-bond acceptors (Lipinski definition) is 4. The van der Waals surface area contributed by atoms with E-state index in [4.69, 9.17) is 4.74 Å². The predicted octanol–water partition coefficient (Wildman–Crippen LogP) is 0.504. The Morgan fingerprint density at radius 1 is 1.38 bits per heavy atom. The number of amides is 2. The summed E-state index contributed by atoms with van der Waals surface area (Å²) in [6.07, 6.45) is 0.242. The molecule has 1 aliphatic heterocycles. The molecule has 1 heterocycles. The minimum Gasteiger partial charge on any atom is -0.380 e. The normalized spacial score (nSPS) is 18.3. The van der Waals surface area contributed by atoms with Gasteiger partial charge in [-0.15, -0.1) is 12.4 Å². The van der Waals surface area contributed by atoms with Crippen molar-refractivity contribution in [2.45, 2.75) is 33.2 Å². The summed E-state index contributed by atoms with van der Waals surface area (Å²) in [5.41, 5.74) is 0. The van der Waals surface area contributed by atoms with Gasteiger partial charge in [0.15, 0.2) is 0 Å². The van der Waals surface area contributed by atoms with Crippen LogP contribution in [0.4, 0.5) is 0 Å². The van der Waals surface area contributed by atoms with Crippen molar-refractivity contribution < 1.29 is 14.3 Å². The second kappa shape index (κ2) is 10.8. The second-order valence-electron chi connectivity index (χ2n) is 4.80. The molecule has 0 saturated carbocycles. The maximum atomic E-state index is 12.3. The smallest absolute Gasteiger partial charge is 0.240 e. The summed E-state index contributed by atoms with van der Waals surface area (Å²) in [5, 5.41) is 3.14. The maximum Gasteiger partial charge on any atom is 0.240 e. The molecule has 21 heavy (non-hydrogen) atoms. The quantitative estimate of drug-likeness (QED) is 0.662. The van der Waals surface area contributed by atoms with Crippen LogP contribution in [0.2, 0.25) is 0 Å². The molecule has 1 atom stereocenters. The molecule has 1 fully saturated rings. The summed E-state index contributed by atoms with van der Waals surface area (Å²) in [4.78, 5) is 27.9. The summed E-state index contributed by atoms with van der Waals surface area (Å²) in [5.74, 6) is 0.0453. The van der Waals surface area contributed by atoms with Crippen LogP contribution in [0.3, 0.4) is 0 Å². The number of rotatable bonds is 8. The number of nitrogens with zero attached hydrogens (tertiary/aromatic N) is 2. The minimum absolute atomic E-state index is 0. The number of carbonyl (C=O) groups excluding carboxylic acids is 2. The minimum atomic E-state index is -0.390. The van der Waals surface area contributed by atoms with E-state index in [9.17, 15) is 9.59 Å². The first-order valence-electron chi connectivity index (χ1n) is 7.51. The van der Waals surface area contributed by atoms with Gasteiger partial charge < -0.3 is 19.9 Å². The van der Waals surface area contributed by atoms with E-state index in [2.05, 4.69) is 5.32 Å². The van der Waals surface area contributed by atoms with Gasteiger partial charge in [0.2, 0.25) is 11.8 Å². The predicted molar refractivity (Wildman–Crippen MR) is 84.7 cm³/mol. The molecular formula is C14H28ClN3O3. The van der Waals surface area contributed by atoms with E-state index in [1.165, 1.54) is 0 Å². The van der Waals surface area contributed by atoms with Gasteiger partial charge in [-0.2, -0.15) is 0 Å². The van der Waals surface area contributed by atoms with Crippen LogP contribution in [0.1, 0.15) is 27.2 Å². The highest BCUT2D eigenvalue weighted by molar-refractivity contribution is 5.89. The third-order valence-corrected chi connectivity index (χ3v) is 3.59. The molecule has 124 valence electrons. The fourth-order valence-electron chi connectivity index (χ4n) is 2.37. The lowest BCUT2D eigenvalue weighted by Gasteiger charge is -2.33. The van der Waals surface area contributed by atoms with E-state index in [-0.39, 0.29) is 30.6 Å². The van der Waals surface area contributed by atoms with Crippen LogP contribution in [0.5, 0.6) is 0 Å².